The van der Waals surface area contributed by atoms with Gasteiger partial charge in [-0.05, 0) is 44.5 Å². The molecular formula is C17H16ClN3O2. The summed E-state index contributed by atoms with van der Waals surface area (Å²) in [5.41, 5.74) is 1.65. The quantitative estimate of drug-likeness (QED) is 0.615. The lowest BCUT2D eigenvalue weighted by Crippen LogP contribution is -2.26. The Balaban J connectivity index is 2.16. The summed E-state index contributed by atoms with van der Waals surface area (Å²) in [6, 6.07) is 9.34. The second-order valence-electron chi connectivity index (χ2n) is 6.12. The van der Waals surface area contributed by atoms with Gasteiger partial charge in [-0.15, -0.1) is 0 Å². The molecule has 0 saturated heterocycles. The van der Waals surface area contributed by atoms with Gasteiger partial charge in [-0.3, -0.25) is 4.57 Å². The molecule has 0 aliphatic heterocycles. The third-order valence-electron chi connectivity index (χ3n) is 3.20. The van der Waals surface area contributed by atoms with Gasteiger partial charge in [0.05, 0.1) is 11.2 Å². The highest BCUT2D eigenvalue weighted by molar-refractivity contribution is 6.28. The molecule has 1 aromatic carbocycles. The number of para-hydroxylation sites is 1. The number of nitrogens with zero attached hydrogens (tertiary/aromatic N) is 3. The summed E-state index contributed by atoms with van der Waals surface area (Å²) >= 11 is 5.88. The first-order valence-corrected chi connectivity index (χ1v) is 7.55. The van der Waals surface area contributed by atoms with Crippen LogP contribution in [0, 0.1) is 0 Å². The molecule has 5 nitrogen and oxygen atoms in total. The molecule has 2 heterocycles. The lowest BCUT2D eigenvalue weighted by atomic mass is 10.1. The van der Waals surface area contributed by atoms with Crippen LogP contribution in [0.15, 0.2) is 42.7 Å². The van der Waals surface area contributed by atoms with Crippen LogP contribution in [-0.4, -0.2) is 26.2 Å². The zero-order valence-corrected chi connectivity index (χ0v) is 13.8. The maximum Gasteiger partial charge on any atom is 0.419 e. The van der Waals surface area contributed by atoms with E-state index in [1.54, 1.807) is 18.5 Å². The van der Waals surface area contributed by atoms with Crippen molar-refractivity contribution in [2.45, 2.75) is 26.4 Å². The molecular weight excluding hydrogens is 314 g/mol. The van der Waals surface area contributed by atoms with Gasteiger partial charge >= 0.3 is 6.09 Å². The van der Waals surface area contributed by atoms with Gasteiger partial charge in [0, 0.05) is 23.3 Å². The van der Waals surface area contributed by atoms with Crippen LogP contribution >= 0.6 is 11.6 Å². The number of ether oxygens (including phenoxy) is 1. The zero-order chi connectivity index (χ0) is 16.6. The van der Waals surface area contributed by atoms with Crippen LogP contribution in [0.4, 0.5) is 4.79 Å². The van der Waals surface area contributed by atoms with Gasteiger partial charge in [-0.2, -0.15) is 0 Å². The fourth-order valence-electron chi connectivity index (χ4n) is 2.33. The Morgan fingerprint density at radius 3 is 2.65 bits per heavy atom. The maximum absolute atomic E-state index is 12.5. The van der Waals surface area contributed by atoms with Crippen molar-refractivity contribution in [2.24, 2.45) is 0 Å². The number of aromatic nitrogens is 3. The standard InChI is InChI=1S/C17H16ClN3O2/c1-17(2,3)23-16(22)21-10-12(11-6-4-5-7-14(11)21)13-8-9-19-15(18)20-13/h4-10H,1-3H3. The third kappa shape index (κ3) is 3.19. The monoisotopic (exact) mass is 329 g/mol. The molecule has 0 atom stereocenters. The van der Waals surface area contributed by atoms with E-state index in [-0.39, 0.29) is 5.28 Å². The normalized spacial score (nSPS) is 11.7. The van der Waals surface area contributed by atoms with Crippen molar-refractivity contribution in [3.05, 3.63) is 48.0 Å². The van der Waals surface area contributed by atoms with Crippen molar-refractivity contribution in [1.29, 1.82) is 0 Å². The first-order valence-electron chi connectivity index (χ1n) is 7.17. The fourth-order valence-corrected chi connectivity index (χ4v) is 2.48. The molecule has 0 radical (unpaired) electrons. The van der Waals surface area contributed by atoms with Gasteiger partial charge in [0.15, 0.2) is 0 Å². The molecule has 0 bridgehead atoms. The van der Waals surface area contributed by atoms with Crippen LogP contribution in [0.5, 0.6) is 0 Å². The summed E-state index contributed by atoms with van der Waals surface area (Å²) < 4.78 is 6.96. The molecule has 0 amide bonds. The smallest absolute Gasteiger partial charge is 0.419 e. The van der Waals surface area contributed by atoms with Crippen LogP contribution in [0.2, 0.25) is 5.28 Å². The number of halogens is 1. The molecule has 0 aliphatic carbocycles. The van der Waals surface area contributed by atoms with Gasteiger partial charge in [0.25, 0.3) is 0 Å². The Morgan fingerprint density at radius 2 is 1.96 bits per heavy atom. The van der Waals surface area contributed by atoms with E-state index >= 15 is 0 Å². The number of carbonyl (C=O) groups is 1. The van der Waals surface area contributed by atoms with Crippen LogP contribution in [0.25, 0.3) is 22.2 Å². The first-order chi connectivity index (χ1) is 10.8. The van der Waals surface area contributed by atoms with Crippen LogP contribution in [0.3, 0.4) is 0 Å². The summed E-state index contributed by atoms with van der Waals surface area (Å²) in [5, 5.41) is 1.06. The number of rotatable bonds is 1. The van der Waals surface area contributed by atoms with Gasteiger partial charge in [-0.1, -0.05) is 18.2 Å². The SMILES string of the molecule is CC(C)(C)OC(=O)n1cc(-c2ccnc(Cl)n2)c2ccccc21. The van der Waals surface area contributed by atoms with E-state index in [0.717, 1.165) is 16.5 Å². The zero-order valence-electron chi connectivity index (χ0n) is 13.1. The van der Waals surface area contributed by atoms with Crippen molar-refractivity contribution in [3.8, 4) is 11.3 Å². The van der Waals surface area contributed by atoms with Gasteiger partial charge < -0.3 is 4.74 Å². The Morgan fingerprint density at radius 1 is 1.22 bits per heavy atom. The van der Waals surface area contributed by atoms with E-state index in [0.29, 0.717) is 5.69 Å². The van der Waals surface area contributed by atoms with Crippen molar-refractivity contribution in [1.82, 2.24) is 14.5 Å². The Labute approximate surface area is 138 Å². The number of carbonyl (C=O) groups excluding carboxylic acids is 1. The van der Waals surface area contributed by atoms with Crippen molar-refractivity contribution in [2.75, 3.05) is 0 Å². The molecule has 3 rings (SSSR count). The van der Waals surface area contributed by atoms with E-state index in [9.17, 15) is 4.79 Å². The van der Waals surface area contributed by atoms with E-state index in [4.69, 9.17) is 16.3 Å². The van der Waals surface area contributed by atoms with Crippen LogP contribution in [0.1, 0.15) is 20.8 Å². The minimum absolute atomic E-state index is 0.164. The number of hydrogen-bond donors (Lipinski definition) is 0. The summed E-state index contributed by atoms with van der Waals surface area (Å²) in [4.78, 5) is 20.6. The molecule has 0 saturated carbocycles. The second-order valence-corrected chi connectivity index (χ2v) is 6.46. The van der Waals surface area contributed by atoms with Crippen molar-refractivity contribution >= 4 is 28.6 Å². The fraction of sp³-hybridized carbons (Fsp3) is 0.235. The Kier molecular flexibility index (Phi) is 3.82. The summed E-state index contributed by atoms with van der Waals surface area (Å²) in [6.45, 7) is 5.51. The lowest BCUT2D eigenvalue weighted by Gasteiger charge is -2.19. The highest BCUT2D eigenvalue weighted by Gasteiger charge is 2.21. The van der Waals surface area contributed by atoms with E-state index in [2.05, 4.69) is 9.97 Å². The first kappa shape index (κ1) is 15.5. The lowest BCUT2D eigenvalue weighted by molar-refractivity contribution is 0.0544. The second kappa shape index (κ2) is 5.66. The maximum atomic E-state index is 12.5. The highest BCUT2D eigenvalue weighted by Crippen LogP contribution is 2.30. The van der Waals surface area contributed by atoms with Gasteiger partial charge in [0.1, 0.15) is 5.60 Å². The average Bonchev–Trinajstić information content (AvgIpc) is 2.85. The molecule has 0 unspecified atom stereocenters. The number of hydrogen-bond acceptors (Lipinski definition) is 4. The van der Waals surface area contributed by atoms with Crippen LogP contribution < -0.4 is 0 Å². The van der Waals surface area contributed by atoms with Gasteiger partial charge in [-0.25, -0.2) is 14.8 Å². The van der Waals surface area contributed by atoms with Crippen molar-refractivity contribution in [3.63, 3.8) is 0 Å². The van der Waals surface area contributed by atoms with E-state index in [1.165, 1.54) is 4.57 Å². The molecule has 6 heteroatoms. The van der Waals surface area contributed by atoms with E-state index in [1.807, 2.05) is 45.0 Å². The minimum Gasteiger partial charge on any atom is -0.443 e. The van der Waals surface area contributed by atoms with E-state index < -0.39 is 11.7 Å². The summed E-state index contributed by atoms with van der Waals surface area (Å²) in [5.74, 6) is 0. The molecule has 0 spiro atoms. The number of benzene rings is 1. The Bertz CT molecular complexity index is 881. The highest BCUT2D eigenvalue weighted by atomic mass is 35.5. The molecule has 118 valence electrons. The largest absolute Gasteiger partial charge is 0.443 e. The minimum atomic E-state index is -0.569. The Hall–Kier alpha value is -2.40. The predicted molar refractivity (Wildman–Crippen MR) is 89.6 cm³/mol. The molecule has 0 fully saturated rings. The summed E-state index contributed by atoms with van der Waals surface area (Å²) in [7, 11) is 0. The average molecular weight is 330 g/mol. The third-order valence-corrected chi connectivity index (χ3v) is 3.39. The molecule has 2 aromatic heterocycles. The topological polar surface area (TPSA) is 57.0 Å². The number of fused-ring (bicyclic) bond motifs is 1. The molecule has 0 N–H and O–H groups in total. The molecule has 23 heavy (non-hydrogen) atoms. The summed E-state index contributed by atoms with van der Waals surface area (Å²) in [6.07, 6.45) is 2.88. The molecule has 3 aromatic rings. The van der Waals surface area contributed by atoms with Gasteiger partial charge in [0.2, 0.25) is 5.28 Å². The van der Waals surface area contributed by atoms with Crippen molar-refractivity contribution < 1.29 is 9.53 Å². The molecule has 0 aliphatic rings. The predicted octanol–water partition coefficient (Wildman–Crippen LogP) is 4.53. The van der Waals surface area contributed by atoms with Crippen LogP contribution in [-0.2, 0) is 4.74 Å².